The van der Waals surface area contributed by atoms with E-state index in [1.807, 2.05) is 54.6 Å². The van der Waals surface area contributed by atoms with E-state index in [9.17, 15) is 4.79 Å². The highest BCUT2D eigenvalue weighted by Crippen LogP contribution is 2.25. The normalized spacial score (nSPS) is 12.1. The Morgan fingerprint density at radius 3 is 2.00 bits per heavy atom. The predicted molar refractivity (Wildman–Crippen MR) is 97.7 cm³/mol. The zero-order valence-corrected chi connectivity index (χ0v) is 14.5. The molecule has 0 aromatic heterocycles. The Balaban J connectivity index is 1.98. The van der Waals surface area contributed by atoms with E-state index in [2.05, 4.69) is 6.92 Å². The molecule has 2 aromatic carbocycles. The van der Waals surface area contributed by atoms with E-state index in [0.29, 0.717) is 6.42 Å². The third-order valence-electron chi connectivity index (χ3n) is 4.11. The number of allylic oxidation sites excluding steroid dienone is 1. The fourth-order valence-corrected chi connectivity index (χ4v) is 2.59. The number of carbonyl (C=O) groups is 1. The summed E-state index contributed by atoms with van der Waals surface area (Å²) in [5.74, 6) is 2.00. The van der Waals surface area contributed by atoms with E-state index in [4.69, 9.17) is 9.47 Å². The highest BCUT2D eigenvalue weighted by Gasteiger charge is 2.12. The van der Waals surface area contributed by atoms with Crippen LogP contribution in [-0.2, 0) is 4.79 Å². The number of ketones is 1. The van der Waals surface area contributed by atoms with Crippen molar-refractivity contribution in [3.8, 4) is 11.5 Å². The molecule has 3 nitrogen and oxygen atoms in total. The average Bonchev–Trinajstić information content (AvgIpc) is 2.65. The van der Waals surface area contributed by atoms with Gasteiger partial charge in [0.25, 0.3) is 0 Å². The number of carbonyl (C=O) groups excluding carboxylic acids is 1. The van der Waals surface area contributed by atoms with E-state index in [-0.39, 0.29) is 11.7 Å². The van der Waals surface area contributed by atoms with Crippen LogP contribution in [0.4, 0.5) is 0 Å². The van der Waals surface area contributed by atoms with Gasteiger partial charge in [-0.05, 0) is 53.8 Å². The Hall–Kier alpha value is -2.55. The van der Waals surface area contributed by atoms with E-state index in [1.165, 1.54) is 5.56 Å². The largest absolute Gasteiger partial charge is 0.497 e. The number of hydrogen-bond acceptors (Lipinski definition) is 3. The third-order valence-corrected chi connectivity index (χ3v) is 4.11. The molecule has 0 aliphatic carbocycles. The Labute approximate surface area is 143 Å². The maximum Gasteiger partial charge on any atom is 0.156 e. The third kappa shape index (κ3) is 4.98. The van der Waals surface area contributed by atoms with Gasteiger partial charge in [-0.1, -0.05) is 37.3 Å². The van der Waals surface area contributed by atoms with Crippen molar-refractivity contribution in [2.45, 2.75) is 25.7 Å². The van der Waals surface area contributed by atoms with Crippen LogP contribution in [0.3, 0.4) is 0 Å². The van der Waals surface area contributed by atoms with Crippen molar-refractivity contribution in [2.24, 2.45) is 0 Å². The Bertz CT molecular complexity index is 669. The molecule has 2 aromatic rings. The molecule has 0 heterocycles. The van der Waals surface area contributed by atoms with Crippen molar-refractivity contribution in [2.75, 3.05) is 14.2 Å². The maximum atomic E-state index is 12.3. The first kappa shape index (κ1) is 17.8. The van der Waals surface area contributed by atoms with Crippen LogP contribution in [0, 0.1) is 0 Å². The molecule has 0 radical (unpaired) electrons. The summed E-state index contributed by atoms with van der Waals surface area (Å²) in [6.07, 6.45) is 4.94. The van der Waals surface area contributed by atoms with Gasteiger partial charge in [0.05, 0.1) is 14.2 Å². The van der Waals surface area contributed by atoms with Crippen LogP contribution in [0.5, 0.6) is 11.5 Å². The maximum absolute atomic E-state index is 12.3. The van der Waals surface area contributed by atoms with Gasteiger partial charge in [0, 0.05) is 6.42 Å². The fraction of sp³-hybridized carbons (Fsp3) is 0.286. The minimum atomic E-state index is 0.133. The van der Waals surface area contributed by atoms with Gasteiger partial charge < -0.3 is 9.47 Å². The Morgan fingerprint density at radius 1 is 0.958 bits per heavy atom. The van der Waals surface area contributed by atoms with Crippen molar-refractivity contribution in [3.05, 3.63) is 65.7 Å². The predicted octanol–water partition coefficient (Wildman–Crippen LogP) is 4.87. The summed E-state index contributed by atoms with van der Waals surface area (Å²) >= 11 is 0. The molecule has 0 saturated heterocycles. The van der Waals surface area contributed by atoms with E-state index >= 15 is 0 Å². The molecule has 24 heavy (non-hydrogen) atoms. The quantitative estimate of drug-likeness (QED) is 0.650. The first-order valence-corrected chi connectivity index (χ1v) is 8.15. The standard InChI is InChI=1S/C21H24O3/c1-4-17(18-8-13-21(24-3)14-9-18)15-19(22)10-5-16-6-11-20(23-2)12-7-16/h5-14,17H,4,15H2,1-3H3/b10-5+/t17-/m0/s1. The summed E-state index contributed by atoms with van der Waals surface area (Å²) in [6.45, 7) is 2.11. The van der Waals surface area contributed by atoms with Crippen LogP contribution in [0.2, 0.25) is 0 Å². The summed E-state index contributed by atoms with van der Waals surface area (Å²) in [5.41, 5.74) is 2.16. The minimum Gasteiger partial charge on any atom is -0.497 e. The minimum absolute atomic E-state index is 0.133. The zero-order valence-electron chi connectivity index (χ0n) is 14.5. The number of benzene rings is 2. The summed E-state index contributed by atoms with van der Waals surface area (Å²) in [6, 6.07) is 15.6. The molecule has 0 saturated carbocycles. The zero-order chi connectivity index (χ0) is 17.4. The van der Waals surface area contributed by atoms with E-state index in [1.54, 1.807) is 20.3 Å². The van der Waals surface area contributed by atoms with Gasteiger partial charge in [-0.2, -0.15) is 0 Å². The average molecular weight is 324 g/mol. The lowest BCUT2D eigenvalue weighted by atomic mass is 9.91. The van der Waals surface area contributed by atoms with Crippen LogP contribution < -0.4 is 9.47 Å². The van der Waals surface area contributed by atoms with Crippen LogP contribution in [0.1, 0.15) is 36.8 Å². The van der Waals surface area contributed by atoms with Gasteiger partial charge in [-0.25, -0.2) is 0 Å². The van der Waals surface area contributed by atoms with Gasteiger partial charge in [-0.15, -0.1) is 0 Å². The van der Waals surface area contributed by atoms with Crippen LogP contribution in [0.15, 0.2) is 54.6 Å². The number of ether oxygens (including phenoxy) is 2. The topological polar surface area (TPSA) is 35.5 Å². The van der Waals surface area contributed by atoms with Gasteiger partial charge in [0.15, 0.2) is 5.78 Å². The summed E-state index contributed by atoms with van der Waals surface area (Å²) in [4.78, 5) is 12.3. The molecule has 1 atom stereocenters. The first-order chi connectivity index (χ1) is 11.7. The molecule has 0 aliphatic heterocycles. The Morgan fingerprint density at radius 2 is 1.50 bits per heavy atom. The van der Waals surface area contributed by atoms with Gasteiger partial charge in [0.2, 0.25) is 0 Å². The molecule has 126 valence electrons. The molecular weight excluding hydrogens is 300 g/mol. The number of methoxy groups -OCH3 is 2. The van der Waals surface area contributed by atoms with Crippen molar-refractivity contribution in [1.29, 1.82) is 0 Å². The monoisotopic (exact) mass is 324 g/mol. The van der Waals surface area contributed by atoms with Crippen molar-refractivity contribution in [3.63, 3.8) is 0 Å². The highest BCUT2D eigenvalue weighted by atomic mass is 16.5. The fourth-order valence-electron chi connectivity index (χ4n) is 2.59. The van der Waals surface area contributed by atoms with Gasteiger partial charge >= 0.3 is 0 Å². The van der Waals surface area contributed by atoms with Gasteiger partial charge in [0.1, 0.15) is 11.5 Å². The molecule has 0 N–H and O–H groups in total. The Kier molecular flexibility index (Phi) is 6.62. The second-order valence-electron chi connectivity index (χ2n) is 5.66. The van der Waals surface area contributed by atoms with Crippen LogP contribution in [-0.4, -0.2) is 20.0 Å². The van der Waals surface area contributed by atoms with E-state index in [0.717, 1.165) is 23.5 Å². The highest BCUT2D eigenvalue weighted by molar-refractivity contribution is 5.94. The SMILES string of the molecule is CC[C@@H](CC(=O)/C=C/c1ccc(OC)cc1)c1ccc(OC)cc1. The van der Waals surface area contributed by atoms with E-state index < -0.39 is 0 Å². The number of hydrogen-bond donors (Lipinski definition) is 0. The summed E-state index contributed by atoms with van der Waals surface area (Å²) in [7, 11) is 3.29. The summed E-state index contributed by atoms with van der Waals surface area (Å²) < 4.78 is 10.3. The molecule has 0 amide bonds. The van der Waals surface area contributed by atoms with Crippen molar-refractivity contribution in [1.82, 2.24) is 0 Å². The molecule has 2 rings (SSSR count). The molecule has 0 fully saturated rings. The molecule has 0 spiro atoms. The second kappa shape index (κ2) is 8.92. The lowest BCUT2D eigenvalue weighted by Gasteiger charge is -2.14. The van der Waals surface area contributed by atoms with Crippen LogP contribution >= 0.6 is 0 Å². The lowest BCUT2D eigenvalue weighted by Crippen LogP contribution is -2.04. The van der Waals surface area contributed by atoms with Crippen LogP contribution in [0.25, 0.3) is 6.08 Å². The van der Waals surface area contributed by atoms with Crippen molar-refractivity contribution >= 4 is 11.9 Å². The lowest BCUT2D eigenvalue weighted by molar-refractivity contribution is -0.114. The number of rotatable bonds is 8. The summed E-state index contributed by atoms with van der Waals surface area (Å²) in [5, 5.41) is 0. The molecule has 0 bridgehead atoms. The van der Waals surface area contributed by atoms with Gasteiger partial charge in [-0.3, -0.25) is 4.79 Å². The smallest absolute Gasteiger partial charge is 0.156 e. The molecule has 3 heteroatoms. The molecule has 0 unspecified atom stereocenters. The first-order valence-electron chi connectivity index (χ1n) is 8.15. The molecular formula is C21H24O3. The molecule has 0 aliphatic rings. The second-order valence-corrected chi connectivity index (χ2v) is 5.66. The van der Waals surface area contributed by atoms with Crippen molar-refractivity contribution < 1.29 is 14.3 Å².